The molecule has 0 aromatic heterocycles. The van der Waals surface area contributed by atoms with Gasteiger partial charge in [-0.15, -0.1) is 0 Å². The van der Waals surface area contributed by atoms with Gasteiger partial charge in [0.05, 0.1) is 0 Å². The fourth-order valence-electron chi connectivity index (χ4n) is 1.71. The molecule has 8 heteroatoms. The molecule has 0 aliphatic carbocycles. The average Bonchev–Trinajstić information content (AvgIpc) is 2.45. The highest BCUT2D eigenvalue weighted by molar-refractivity contribution is 9.15. The first kappa shape index (κ1) is 19.6. The van der Waals surface area contributed by atoms with Crippen LogP contribution in [-0.2, 0) is 6.42 Å². The standard InChI is InChI=1S/C13H4Br8/c14-6-2-4(8(16)12(20)10(6)18)1-5-3-7(15)11(19)13(21)9(5)17/h2-3H,1H2. The van der Waals surface area contributed by atoms with E-state index in [0.717, 1.165) is 42.2 Å². The largest absolute Gasteiger partial charge is 0.0496 e. The van der Waals surface area contributed by atoms with Crippen molar-refractivity contribution in [2.45, 2.75) is 6.42 Å². The summed E-state index contributed by atoms with van der Waals surface area (Å²) in [7, 11) is 0. The topological polar surface area (TPSA) is 0 Å². The van der Waals surface area contributed by atoms with E-state index >= 15 is 0 Å². The first-order chi connectivity index (χ1) is 9.73. The molecule has 2 rings (SSSR count). The third-order valence-corrected chi connectivity index (χ3v) is 12.2. The van der Waals surface area contributed by atoms with Gasteiger partial charge in [-0.25, -0.2) is 0 Å². The Labute approximate surface area is 190 Å². The molecule has 112 valence electrons. The number of rotatable bonds is 2. The summed E-state index contributed by atoms with van der Waals surface area (Å²) in [6.07, 6.45) is 0.788. The van der Waals surface area contributed by atoms with Gasteiger partial charge in [-0.1, -0.05) is 0 Å². The third kappa shape index (κ3) is 4.28. The number of hydrogen-bond donors (Lipinski definition) is 0. The minimum atomic E-state index is 0.788. The molecule has 0 radical (unpaired) electrons. The van der Waals surface area contributed by atoms with E-state index < -0.39 is 0 Å². The number of hydrogen-bond acceptors (Lipinski definition) is 0. The zero-order chi connectivity index (χ0) is 15.9. The molecular formula is C13H4Br8. The van der Waals surface area contributed by atoms with E-state index in [1.54, 1.807) is 0 Å². The van der Waals surface area contributed by atoms with Crippen molar-refractivity contribution in [3.63, 3.8) is 0 Å². The van der Waals surface area contributed by atoms with Gasteiger partial charge in [0, 0.05) is 35.8 Å². The normalized spacial score (nSPS) is 11.0. The molecule has 0 nitrogen and oxygen atoms in total. The van der Waals surface area contributed by atoms with Crippen molar-refractivity contribution in [3.8, 4) is 0 Å². The Kier molecular flexibility index (Phi) is 7.57. The molecule has 0 amide bonds. The fraction of sp³-hybridized carbons (Fsp3) is 0.0769. The van der Waals surface area contributed by atoms with Gasteiger partial charge >= 0.3 is 0 Å². The van der Waals surface area contributed by atoms with Gasteiger partial charge in [-0.3, -0.25) is 0 Å². The lowest BCUT2D eigenvalue weighted by atomic mass is 10.1. The molecule has 0 fully saturated rings. The maximum Gasteiger partial charge on any atom is 0.0473 e. The van der Waals surface area contributed by atoms with Crippen LogP contribution < -0.4 is 0 Å². The molecule has 0 aliphatic rings. The van der Waals surface area contributed by atoms with Crippen LogP contribution in [-0.4, -0.2) is 0 Å². The third-order valence-electron chi connectivity index (χ3n) is 2.74. The minimum absolute atomic E-state index is 0.788. The second kappa shape index (κ2) is 8.11. The van der Waals surface area contributed by atoms with Crippen molar-refractivity contribution in [2.75, 3.05) is 0 Å². The summed E-state index contributed by atoms with van der Waals surface area (Å²) in [6, 6.07) is 4.21. The van der Waals surface area contributed by atoms with Crippen molar-refractivity contribution in [3.05, 3.63) is 59.0 Å². The summed E-state index contributed by atoms with van der Waals surface area (Å²) in [5, 5.41) is 0. The molecule has 0 unspecified atom stereocenters. The Hall–Kier alpha value is 2.28. The summed E-state index contributed by atoms with van der Waals surface area (Å²) >= 11 is 28.7. The SMILES string of the molecule is Brc1cc(Cc2cc(Br)c(Br)c(Br)c2Br)c(Br)c(Br)c1Br. The fourth-order valence-corrected chi connectivity index (χ4v) is 6.19. The zero-order valence-corrected chi connectivity index (χ0v) is 22.6. The van der Waals surface area contributed by atoms with Gasteiger partial charge in [0.2, 0.25) is 0 Å². The Balaban J connectivity index is 2.54. The molecule has 0 heterocycles. The first-order valence-electron chi connectivity index (χ1n) is 5.37. The Morgan fingerprint density at radius 3 is 1.14 bits per heavy atom. The maximum absolute atomic E-state index is 3.65. The van der Waals surface area contributed by atoms with Crippen LogP contribution in [0.1, 0.15) is 11.1 Å². The molecule has 2 aromatic rings. The summed E-state index contributed by atoms with van der Waals surface area (Å²) < 4.78 is 8.10. The molecule has 0 saturated heterocycles. The highest BCUT2D eigenvalue weighted by Gasteiger charge is 2.16. The average molecular weight is 799 g/mol. The monoisotopic (exact) mass is 791 g/mol. The lowest BCUT2D eigenvalue weighted by Gasteiger charge is -2.13. The molecule has 0 N–H and O–H groups in total. The summed E-state index contributed by atoms with van der Waals surface area (Å²) in [5.41, 5.74) is 2.36. The molecular weight excluding hydrogens is 795 g/mol. The number of halogens is 8. The molecule has 0 atom stereocenters. The molecule has 2 aromatic carbocycles. The molecule has 0 spiro atoms. The molecule has 0 saturated carbocycles. The molecule has 21 heavy (non-hydrogen) atoms. The van der Waals surface area contributed by atoms with Crippen molar-refractivity contribution in [2.24, 2.45) is 0 Å². The van der Waals surface area contributed by atoms with E-state index in [9.17, 15) is 0 Å². The van der Waals surface area contributed by atoms with Crippen LogP contribution >= 0.6 is 127 Å². The van der Waals surface area contributed by atoms with Crippen molar-refractivity contribution >= 4 is 127 Å². The van der Waals surface area contributed by atoms with E-state index in [0.29, 0.717) is 0 Å². The van der Waals surface area contributed by atoms with Gasteiger partial charge < -0.3 is 0 Å². The van der Waals surface area contributed by atoms with Crippen LogP contribution in [0, 0.1) is 0 Å². The van der Waals surface area contributed by atoms with Gasteiger partial charge in [-0.2, -0.15) is 0 Å². The summed E-state index contributed by atoms with van der Waals surface area (Å²) in [6.45, 7) is 0. The quantitative estimate of drug-likeness (QED) is 0.210. The van der Waals surface area contributed by atoms with Crippen LogP contribution in [0.5, 0.6) is 0 Å². The molecule has 0 aliphatic heterocycles. The van der Waals surface area contributed by atoms with Crippen LogP contribution in [0.4, 0.5) is 0 Å². The second-order valence-electron chi connectivity index (χ2n) is 4.10. The lowest BCUT2D eigenvalue weighted by Crippen LogP contribution is -1.95. The second-order valence-corrected chi connectivity index (χ2v) is 10.6. The highest BCUT2D eigenvalue weighted by Crippen LogP contribution is 2.43. The highest BCUT2D eigenvalue weighted by atomic mass is 79.9. The van der Waals surface area contributed by atoms with E-state index in [-0.39, 0.29) is 0 Å². The van der Waals surface area contributed by atoms with Gasteiger partial charge in [-0.05, 0) is 157 Å². The van der Waals surface area contributed by atoms with Crippen molar-refractivity contribution < 1.29 is 0 Å². The Bertz CT molecular complexity index is 662. The number of benzene rings is 2. The van der Waals surface area contributed by atoms with E-state index in [1.165, 1.54) is 11.1 Å². The van der Waals surface area contributed by atoms with Gasteiger partial charge in [0.15, 0.2) is 0 Å². The Morgan fingerprint density at radius 2 is 0.810 bits per heavy atom. The van der Waals surface area contributed by atoms with E-state index in [4.69, 9.17) is 0 Å². The summed E-state index contributed by atoms with van der Waals surface area (Å²) in [4.78, 5) is 0. The minimum Gasteiger partial charge on any atom is -0.0496 e. The van der Waals surface area contributed by atoms with Crippen molar-refractivity contribution in [1.29, 1.82) is 0 Å². The maximum atomic E-state index is 3.65. The van der Waals surface area contributed by atoms with Crippen molar-refractivity contribution in [1.82, 2.24) is 0 Å². The zero-order valence-electron chi connectivity index (χ0n) is 9.89. The van der Waals surface area contributed by atoms with Gasteiger partial charge in [0.1, 0.15) is 0 Å². The van der Waals surface area contributed by atoms with Crippen LogP contribution in [0.15, 0.2) is 47.9 Å². The van der Waals surface area contributed by atoms with E-state index in [1.807, 2.05) is 0 Å². The lowest BCUT2D eigenvalue weighted by molar-refractivity contribution is 1.14. The van der Waals surface area contributed by atoms with Crippen LogP contribution in [0.2, 0.25) is 0 Å². The van der Waals surface area contributed by atoms with Crippen LogP contribution in [0.3, 0.4) is 0 Å². The van der Waals surface area contributed by atoms with E-state index in [2.05, 4.69) is 140 Å². The predicted octanol–water partition coefficient (Wildman–Crippen LogP) is 9.38. The smallest absolute Gasteiger partial charge is 0.0473 e. The van der Waals surface area contributed by atoms with Crippen LogP contribution in [0.25, 0.3) is 0 Å². The molecule has 0 bridgehead atoms. The summed E-state index contributed by atoms with van der Waals surface area (Å²) in [5.74, 6) is 0. The van der Waals surface area contributed by atoms with Gasteiger partial charge in [0.25, 0.3) is 0 Å². The Morgan fingerprint density at radius 1 is 0.476 bits per heavy atom. The predicted molar refractivity (Wildman–Crippen MR) is 117 cm³/mol. The first-order valence-corrected chi connectivity index (χ1v) is 11.7.